The molecule has 1 aromatic carbocycles. The van der Waals surface area contributed by atoms with Gasteiger partial charge in [-0.1, -0.05) is 37.5 Å². The van der Waals surface area contributed by atoms with Crippen molar-refractivity contribution in [3.63, 3.8) is 0 Å². The van der Waals surface area contributed by atoms with E-state index in [4.69, 9.17) is 0 Å². The van der Waals surface area contributed by atoms with Crippen LogP contribution >= 0.6 is 0 Å². The van der Waals surface area contributed by atoms with Crippen LogP contribution in [0.5, 0.6) is 0 Å². The SMILES string of the molecule is CCNC(/C1=C/CCCCCC1)c1ccc(F)cc1F. The highest BCUT2D eigenvalue weighted by molar-refractivity contribution is 5.30. The van der Waals surface area contributed by atoms with Gasteiger partial charge in [0.05, 0.1) is 6.04 Å². The zero-order valence-electron chi connectivity index (χ0n) is 12.1. The third kappa shape index (κ3) is 3.89. The second kappa shape index (κ2) is 7.53. The van der Waals surface area contributed by atoms with Crippen LogP contribution in [0.2, 0.25) is 0 Å². The summed E-state index contributed by atoms with van der Waals surface area (Å²) in [6.45, 7) is 2.77. The van der Waals surface area contributed by atoms with Crippen molar-refractivity contribution < 1.29 is 8.78 Å². The Bertz CT molecular complexity index is 468. The lowest BCUT2D eigenvalue weighted by atomic mass is 9.90. The summed E-state index contributed by atoms with van der Waals surface area (Å²) in [6, 6.07) is 3.76. The molecule has 0 amide bonds. The highest BCUT2D eigenvalue weighted by Crippen LogP contribution is 2.30. The summed E-state index contributed by atoms with van der Waals surface area (Å²) in [5, 5.41) is 3.35. The Labute approximate surface area is 120 Å². The van der Waals surface area contributed by atoms with E-state index in [1.54, 1.807) is 6.07 Å². The number of likely N-dealkylation sites (N-methyl/N-ethyl adjacent to an activating group) is 1. The summed E-state index contributed by atoms with van der Waals surface area (Å²) in [6.07, 6.45) is 9.16. The molecule has 2 rings (SSSR count). The first-order valence-electron chi connectivity index (χ1n) is 7.59. The van der Waals surface area contributed by atoms with E-state index in [1.807, 2.05) is 6.92 Å². The number of nitrogens with one attached hydrogen (secondary N) is 1. The number of halogens is 2. The minimum absolute atomic E-state index is 0.126. The van der Waals surface area contributed by atoms with Gasteiger partial charge in [0.2, 0.25) is 0 Å². The van der Waals surface area contributed by atoms with Crippen LogP contribution in [0.25, 0.3) is 0 Å². The molecule has 20 heavy (non-hydrogen) atoms. The predicted octanol–water partition coefficient (Wildman–Crippen LogP) is 4.90. The molecule has 1 aliphatic rings. The molecule has 0 bridgehead atoms. The highest BCUT2D eigenvalue weighted by atomic mass is 19.1. The Kier molecular flexibility index (Phi) is 5.72. The highest BCUT2D eigenvalue weighted by Gasteiger charge is 2.20. The first-order chi connectivity index (χ1) is 9.72. The average molecular weight is 279 g/mol. The quantitative estimate of drug-likeness (QED) is 0.773. The first-order valence-corrected chi connectivity index (χ1v) is 7.59. The molecule has 0 spiro atoms. The fraction of sp³-hybridized carbons (Fsp3) is 0.529. The third-order valence-electron chi connectivity index (χ3n) is 3.88. The van der Waals surface area contributed by atoms with Gasteiger partial charge in [-0.15, -0.1) is 0 Å². The van der Waals surface area contributed by atoms with Gasteiger partial charge in [0, 0.05) is 11.6 Å². The molecule has 0 aromatic heterocycles. The molecule has 0 heterocycles. The number of allylic oxidation sites excluding steroid dienone is 1. The monoisotopic (exact) mass is 279 g/mol. The topological polar surface area (TPSA) is 12.0 Å². The summed E-state index contributed by atoms with van der Waals surface area (Å²) in [5.41, 5.74) is 1.80. The van der Waals surface area contributed by atoms with Gasteiger partial charge in [-0.3, -0.25) is 0 Å². The van der Waals surface area contributed by atoms with Gasteiger partial charge in [-0.25, -0.2) is 8.78 Å². The van der Waals surface area contributed by atoms with Crippen LogP contribution in [0, 0.1) is 11.6 Å². The number of rotatable bonds is 4. The van der Waals surface area contributed by atoms with Gasteiger partial charge >= 0.3 is 0 Å². The molecule has 1 aromatic rings. The van der Waals surface area contributed by atoms with Crippen molar-refractivity contribution in [1.82, 2.24) is 5.32 Å². The summed E-state index contributed by atoms with van der Waals surface area (Å²) in [5.74, 6) is -0.980. The number of hydrogen-bond acceptors (Lipinski definition) is 1. The van der Waals surface area contributed by atoms with Gasteiger partial charge in [0.1, 0.15) is 11.6 Å². The maximum Gasteiger partial charge on any atom is 0.131 e. The van der Waals surface area contributed by atoms with Crippen LogP contribution in [0.4, 0.5) is 8.78 Å². The largest absolute Gasteiger partial charge is 0.307 e. The van der Waals surface area contributed by atoms with Crippen molar-refractivity contribution in [2.45, 2.75) is 51.5 Å². The third-order valence-corrected chi connectivity index (χ3v) is 3.88. The van der Waals surface area contributed by atoms with Gasteiger partial charge < -0.3 is 5.32 Å². The molecule has 1 unspecified atom stereocenters. The zero-order valence-corrected chi connectivity index (χ0v) is 12.1. The fourth-order valence-electron chi connectivity index (χ4n) is 2.86. The molecule has 1 nitrogen and oxygen atoms in total. The number of benzene rings is 1. The van der Waals surface area contributed by atoms with E-state index in [0.29, 0.717) is 5.56 Å². The van der Waals surface area contributed by atoms with Crippen LogP contribution < -0.4 is 5.32 Å². The van der Waals surface area contributed by atoms with Crippen molar-refractivity contribution in [2.24, 2.45) is 0 Å². The number of hydrogen-bond donors (Lipinski definition) is 1. The summed E-state index contributed by atoms with van der Waals surface area (Å²) < 4.78 is 27.1. The van der Waals surface area contributed by atoms with Crippen LogP contribution in [0.1, 0.15) is 57.1 Å². The standard InChI is InChI=1S/C17H23F2N/c1-2-20-17(13-8-6-4-3-5-7-9-13)15-11-10-14(18)12-16(15)19/h8,10-12,17,20H,2-7,9H2,1H3/b13-8+. The van der Waals surface area contributed by atoms with Crippen molar-refractivity contribution in [3.8, 4) is 0 Å². The van der Waals surface area contributed by atoms with Crippen molar-refractivity contribution >= 4 is 0 Å². The minimum atomic E-state index is -0.520. The van der Waals surface area contributed by atoms with Gasteiger partial charge in [-0.05, 0) is 38.3 Å². The molecule has 1 N–H and O–H groups in total. The van der Waals surface area contributed by atoms with Crippen LogP contribution in [-0.4, -0.2) is 6.54 Å². The van der Waals surface area contributed by atoms with E-state index in [-0.39, 0.29) is 6.04 Å². The first kappa shape index (κ1) is 15.2. The Hall–Kier alpha value is -1.22. The molecular weight excluding hydrogens is 256 g/mol. The van der Waals surface area contributed by atoms with Gasteiger partial charge in [-0.2, -0.15) is 0 Å². The normalized spacial score (nSPS) is 20.6. The Morgan fingerprint density at radius 2 is 1.95 bits per heavy atom. The second-order valence-electron chi connectivity index (χ2n) is 5.39. The molecule has 0 aliphatic heterocycles. The van der Waals surface area contributed by atoms with Gasteiger partial charge in [0.25, 0.3) is 0 Å². The molecule has 1 aliphatic carbocycles. The van der Waals surface area contributed by atoms with Crippen LogP contribution in [-0.2, 0) is 0 Å². The lowest BCUT2D eigenvalue weighted by Crippen LogP contribution is -2.24. The summed E-state index contributed by atoms with van der Waals surface area (Å²) in [7, 11) is 0. The Morgan fingerprint density at radius 1 is 1.15 bits per heavy atom. The molecule has 0 fully saturated rings. The fourth-order valence-corrected chi connectivity index (χ4v) is 2.86. The smallest absolute Gasteiger partial charge is 0.131 e. The molecule has 110 valence electrons. The second-order valence-corrected chi connectivity index (χ2v) is 5.39. The van der Waals surface area contributed by atoms with Gasteiger partial charge in [0.15, 0.2) is 0 Å². The van der Waals surface area contributed by atoms with E-state index >= 15 is 0 Å². The predicted molar refractivity (Wildman–Crippen MR) is 78.6 cm³/mol. The lowest BCUT2D eigenvalue weighted by molar-refractivity contribution is 0.516. The summed E-state index contributed by atoms with van der Waals surface area (Å²) >= 11 is 0. The van der Waals surface area contributed by atoms with E-state index in [1.165, 1.54) is 30.9 Å². The Morgan fingerprint density at radius 3 is 2.70 bits per heavy atom. The average Bonchev–Trinajstić information content (AvgIpc) is 2.37. The Balaban J connectivity index is 2.29. The molecule has 0 radical (unpaired) electrons. The van der Waals surface area contributed by atoms with Crippen molar-refractivity contribution in [2.75, 3.05) is 6.54 Å². The summed E-state index contributed by atoms with van der Waals surface area (Å²) in [4.78, 5) is 0. The lowest BCUT2D eigenvalue weighted by Gasteiger charge is -2.24. The van der Waals surface area contributed by atoms with Crippen LogP contribution in [0.3, 0.4) is 0 Å². The minimum Gasteiger partial charge on any atom is -0.307 e. The van der Waals surface area contributed by atoms with Crippen molar-refractivity contribution in [3.05, 3.63) is 47.0 Å². The van der Waals surface area contributed by atoms with E-state index in [0.717, 1.165) is 31.9 Å². The molecule has 0 saturated heterocycles. The van der Waals surface area contributed by atoms with Crippen molar-refractivity contribution in [1.29, 1.82) is 0 Å². The molecule has 1 atom stereocenters. The van der Waals surface area contributed by atoms with E-state index in [2.05, 4.69) is 11.4 Å². The molecule has 0 saturated carbocycles. The maximum atomic E-state index is 14.1. The maximum absolute atomic E-state index is 14.1. The van der Waals surface area contributed by atoms with E-state index < -0.39 is 11.6 Å². The van der Waals surface area contributed by atoms with E-state index in [9.17, 15) is 8.78 Å². The molecule has 3 heteroatoms. The zero-order chi connectivity index (χ0) is 14.4. The van der Waals surface area contributed by atoms with Crippen LogP contribution in [0.15, 0.2) is 29.8 Å². The molecular formula is C17H23F2N.